The third-order valence-corrected chi connectivity index (χ3v) is 13.8. The summed E-state index contributed by atoms with van der Waals surface area (Å²) in [7, 11) is 1.65. The molecule has 0 radical (unpaired) electrons. The second-order valence-electron chi connectivity index (χ2n) is 11.1. The van der Waals surface area contributed by atoms with Gasteiger partial charge in [0, 0.05) is 25.5 Å². The largest absolute Gasteiger partial charge is 0.453 e. The van der Waals surface area contributed by atoms with Crippen molar-refractivity contribution in [1.82, 2.24) is 0 Å². The molecular weight excluding hydrogens is 529 g/mol. The van der Waals surface area contributed by atoms with Gasteiger partial charge in [-0.1, -0.05) is 109 Å². The molecule has 0 atom stereocenters. The summed E-state index contributed by atoms with van der Waals surface area (Å²) < 4.78 is 6.42. The van der Waals surface area contributed by atoms with Gasteiger partial charge in [0.1, 0.15) is 0 Å². The summed E-state index contributed by atoms with van der Waals surface area (Å²) in [5.74, 6) is 1.76. The van der Waals surface area contributed by atoms with Crippen LogP contribution in [0.15, 0.2) is 146 Å². The molecule has 4 heteroatoms. The highest BCUT2D eigenvalue weighted by Gasteiger charge is 2.48. The minimum atomic E-state index is -2.65. The first-order valence-electron chi connectivity index (χ1n) is 14.4. The lowest BCUT2D eigenvalue weighted by atomic mass is 10.0. The Labute approximate surface area is 247 Å². The van der Waals surface area contributed by atoms with E-state index in [2.05, 4.69) is 157 Å². The number of fused-ring (bicyclic) bond motifs is 4. The molecule has 0 aromatic heterocycles. The molecule has 6 aromatic rings. The van der Waals surface area contributed by atoms with Gasteiger partial charge in [0.25, 0.3) is 0 Å². The van der Waals surface area contributed by atoms with Crippen molar-refractivity contribution in [3.63, 3.8) is 0 Å². The van der Waals surface area contributed by atoms with Gasteiger partial charge in [-0.25, -0.2) is 0 Å². The SMILES string of the molecule is CN1c2ccccc2Oc2cc(-c3ccc4c(c3)[Si](c3ccccc3)(c3ccccc3)c3ccccc3N4C)ccc21. The minimum absolute atomic E-state index is 0.878. The molecule has 0 bridgehead atoms. The predicted molar refractivity (Wildman–Crippen MR) is 178 cm³/mol. The Morgan fingerprint density at radius 1 is 0.429 bits per heavy atom. The van der Waals surface area contributed by atoms with Crippen LogP contribution in [0.3, 0.4) is 0 Å². The third-order valence-electron chi connectivity index (χ3n) is 8.95. The van der Waals surface area contributed by atoms with E-state index in [0.717, 1.165) is 28.4 Å². The van der Waals surface area contributed by atoms with Crippen LogP contribution in [0.2, 0.25) is 0 Å². The number of para-hydroxylation sites is 3. The van der Waals surface area contributed by atoms with E-state index in [1.165, 1.54) is 37.7 Å². The first kappa shape index (κ1) is 24.7. The number of benzene rings is 6. The van der Waals surface area contributed by atoms with E-state index in [0.29, 0.717) is 0 Å². The summed E-state index contributed by atoms with van der Waals surface area (Å²) in [5, 5.41) is 5.60. The molecule has 0 fully saturated rings. The van der Waals surface area contributed by atoms with Crippen LogP contribution in [-0.2, 0) is 0 Å². The third kappa shape index (κ3) is 3.52. The van der Waals surface area contributed by atoms with Crippen LogP contribution in [0.4, 0.5) is 22.7 Å². The van der Waals surface area contributed by atoms with Gasteiger partial charge in [0.05, 0.1) is 11.4 Å². The first-order valence-corrected chi connectivity index (χ1v) is 16.4. The fraction of sp³-hybridized carbons (Fsp3) is 0.0526. The molecule has 0 amide bonds. The highest BCUT2D eigenvalue weighted by atomic mass is 28.3. The standard InChI is InChI=1S/C38H30N2OSi/c1-39-31-17-9-11-19-35(31)41-36-25-27(21-23-32(36)39)28-22-24-34-38(26-28)42(29-13-5-3-6-14-29,30-15-7-4-8-16-30)37-20-12-10-18-33(37)40(34)2/h3-26H,1-2H3. The maximum atomic E-state index is 6.42. The quantitative estimate of drug-likeness (QED) is 0.225. The first-order chi connectivity index (χ1) is 20.7. The van der Waals surface area contributed by atoms with Gasteiger partial charge >= 0.3 is 0 Å². The van der Waals surface area contributed by atoms with Gasteiger partial charge in [-0.15, -0.1) is 0 Å². The van der Waals surface area contributed by atoms with Crippen molar-refractivity contribution in [1.29, 1.82) is 0 Å². The number of rotatable bonds is 3. The van der Waals surface area contributed by atoms with E-state index >= 15 is 0 Å². The highest BCUT2D eigenvalue weighted by molar-refractivity contribution is 7.21. The van der Waals surface area contributed by atoms with Gasteiger partial charge in [0.2, 0.25) is 0 Å². The highest BCUT2D eigenvalue weighted by Crippen LogP contribution is 2.47. The van der Waals surface area contributed by atoms with Gasteiger partial charge in [-0.3, -0.25) is 0 Å². The molecular formula is C38H30N2OSi. The number of ether oxygens (including phenoxy) is 1. The van der Waals surface area contributed by atoms with E-state index in [9.17, 15) is 0 Å². The summed E-state index contributed by atoms with van der Waals surface area (Å²) in [6, 6.07) is 53.1. The Hall–Kier alpha value is -5.06. The summed E-state index contributed by atoms with van der Waals surface area (Å²) >= 11 is 0. The zero-order chi connectivity index (χ0) is 28.3. The van der Waals surface area contributed by atoms with Crippen LogP contribution < -0.4 is 35.3 Å². The van der Waals surface area contributed by atoms with Crippen molar-refractivity contribution in [2.45, 2.75) is 0 Å². The Kier molecular flexibility index (Phi) is 5.59. The predicted octanol–water partition coefficient (Wildman–Crippen LogP) is 6.69. The average Bonchev–Trinajstić information content (AvgIpc) is 3.06. The summed E-state index contributed by atoms with van der Waals surface area (Å²) in [4.78, 5) is 4.58. The maximum Gasteiger partial charge on any atom is 0.184 e. The van der Waals surface area contributed by atoms with Crippen LogP contribution >= 0.6 is 0 Å². The average molecular weight is 559 g/mol. The monoisotopic (exact) mass is 558 g/mol. The Morgan fingerprint density at radius 2 is 0.929 bits per heavy atom. The second-order valence-corrected chi connectivity index (χ2v) is 14.8. The number of anilines is 4. The molecule has 0 unspecified atom stereocenters. The number of hydrogen-bond donors (Lipinski definition) is 0. The summed E-state index contributed by atoms with van der Waals surface area (Å²) in [5.41, 5.74) is 7.03. The van der Waals surface area contributed by atoms with Crippen LogP contribution in [0.25, 0.3) is 11.1 Å². The topological polar surface area (TPSA) is 15.7 Å². The van der Waals surface area contributed by atoms with E-state index in [1.807, 2.05) is 12.1 Å². The fourth-order valence-corrected chi connectivity index (χ4v) is 12.2. The normalized spacial score (nSPS) is 14.2. The maximum absolute atomic E-state index is 6.42. The van der Waals surface area contributed by atoms with Crippen LogP contribution in [-0.4, -0.2) is 22.2 Å². The summed E-state index contributed by atoms with van der Waals surface area (Å²) in [6.45, 7) is 0. The molecule has 0 aliphatic carbocycles. The minimum Gasteiger partial charge on any atom is -0.453 e. The molecule has 8 rings (SSSR count). The molecule has 3 nitrogen and oxygen atoms in total. The molecule has 0 spiro atoms. The Balaban J connectivity index is 1.37. The van der Waals surface area contributed by atoms with Crippen LogP contribution in [0.5, 0.6) is 11.5 Å². The molecule has 42 heavy (non-hydrogen) atoms. The van der Waals surface area contributed by atoms with Gasteiger partial charge in [0.15, 0.2) is 19.6 Å². The molecule has 0 N–H and O–H groups in total. The molecule has 202 valence electrons. The zero-order valence-corrected chi connectivity index (χ0v) is 24.7. The van der Waals surface area contributed by atoms with Crippen molar-refractivity contribution in [2.24, 2.45) is 0 Å². The van der Waals surface area contributed by atoms with Crippen LogP contribution in [0.1, 0.15) is 0 Å². The van der Waals surface area contributed by atoms with E-state index in [4.69, 9.17) is 4.74 Å². The van der Waals surface area contributed by atoms with Gasteiger partial charge in [-0.05, 0) is 68.3 Å². The lowest BCUT2D eigenvalue weighted by Gasteiger charge is -2.44. The molecule has 2 aliphatic heterocycles. The lowest BCUT2D eigenvalue weighted by molar-refractivity contribution is 0.476. The molecule has 2 aliphatic rings. The van der Waals surface area contributed by atoms with Crippen molar-refractivity contribution < 1.29 is 4.74 Å². The molecule has 0 saturated carbocycles. The molecule has 0 saturated heterocycles. The summed E-state index contributed by atoms with van der Waals surface area (Å²) in [6.07, 6.45) is 0. The zero-order valence-electron chi connectivity index (χ0n) is 23.7. The Bertz CT molecular complexity index is 1910. The van der Waals surface area contributed by atoms with Crippen molar-refractivity contribution in [3.8, 4) is 22.6 Å². The van der Waals surface area contributed by atoms with Crippen LogP contribution in [0, 0.1) is 0 Å². The fourth-order valence-electron chi connectivity index (χ4n) is 6.95. The smallest absolute Gasteiger partial charge is 0.184 e. The molecule has 6 aromatic carbocycles. The van der Waals surface area contributed by atoms with Crippen molar-refractivity contribution in [3.05, 3.63) is 146 Å². The van der Waals surface area contributed by atoms with E-state index < -0.39 is 8.07 Å². The van der Waals surface area contributed by atoms with E-state index in [1.54, 1.807) is 0 Å². The van der Waals surface area contributed by atoms with Crippen molar-refractivity contribution >= 4 is 51.6 Å². The number of hydrogen-bond acceptors (Lipinski definition) is 3. The second kappa shape index (κ2) is 9.50. The van der Waals surface area contributed by atoms with Gasteiger partial charge < -0.3 is 14.5 Å². The van der Waals surface area contributed by atoms with E-state index in [-0.39, 0.29) is 0 Å². The molecule has 2 heterocycles. The Morgan fingerprint density at radius 3 is 1.64 bits per heavy atom. The number of nitrogens with zero attached hydrogens (tertiary/aromatic N) is 2. The van der Waals surface area contributed by atoms with Gasteiger partial charge in [-0.2, -0.15) is 0 Å². The van der Waals surface area contributed by atoms with Crippen molar-refractivity contribution in [2.75, 3.05) is 23.9 Å². The lowest BCUT2D eigenvalue weighted by Crippen LogP contribution is -2.77.